The topological polar surface area (TPSA) is 53.4 Å². The molecule has 16 heavy (non-hydrogen) atoms. The molecule has 1 N–H and O–H groups in total. The molecule has 1 saturated heterocycles. The summed E-state index contributed by atoms with van der Waals surface area (Å²) < 4.78 is 0. The Labute approximate surface area is 98.9 Å². The molecule has 0 amide bonds. The highest BCUT2D eigenvalue weighted by molar-refractivity contribution is 7.09. The van der Waals surface area contributed by atoms with Crippen LogP contribution in [0.25, 0.3) is 0 Å². The van der Waals surface area contributed by atoms with Crippen LogP contribution in [0.5, 0.6) is 0 Å². The van der Waals surface area contributed by atoms with E-state index in [2.05, 4.69) is 15.3 Å². The molecule has 0 aromatic carbocycles. The van der Waals surface area contributed by atoms with E-state index >= 15 is 0 Å². The first-order chi connectivity index (χ1) is 7.65. The first-order valence-electron chi connectivity index (χ1n) is 5.52. The normalized spacial score (nSPS) is 21.4. The molecule has 1 atom stereocenters. The highest BCUT2D eigenvalue weighted by atomic mass is 32.1. The Balaban J connectivity index is 1.95. The summed E-state index contributed by atoms with van der Waals surface area (Å²) in [6.07, 6.45) is 2.35. The lowest BCUT2D eigenvalue weighted by Crippen LogP contribution is -2.30. The van der Waals surface area contributed by atoms with Crippen LogP contribution in [0.15, 0.2) is 5.38 Å². The Morgan fingerprint density at radius 1 is 1.75 bits per heavy atom. The van der Waals surface area contributed by atoms with Crippen molar-refractivity contribution in [1.82, 2.24) is 9.88 Å². The van der Waals surface area contributed by atoms with Crippen molar-refractivity contribution in [1.29, 1.82) is 0 Å². The van der Waals surface area contributed by atoms with Crippen molar-refractivity contribution < 1.29 is 9.90 Å². The molecule has 2 rings (SSSR count). The zero-order valence-corrected chi connectivity index (χ0v) is 10.2. The number of carbonyl (C=O) groups is 1. The number of aliphatic carboxylic acids is 1. The summed E-state index contributed by atoms with van der Waals surface area (Å²) in [4.78, 5) is 17.4. The van der Waals surface area contributed by atoms with Gasteiger partial charge in [0.15, 0.2) is 0 Å². The van der Waals surface area contributed by atoms with Gasteiger partial charge in [0.05, 0.1) is 17.1 Å². The molecule has 1 fully saturated rings. The van der Waals surface area contributed by atoms with Gasteiger partial charge in [-0.25, -0.2) is 4.98 Å². The molecule has 1 aromatic rings. The lowest BCUT2D eigenvalue weighted by molar-refractivity contribution is -0.138. The summed E-state index contributed by atoms with van der Waals surface area (Å²) >= 11 is 1.65. The van der Waals surface area contributed by atoms with Gasteiger partial charge in [0, 0.05) is 18.0 Å². The molecule has 2 heterocycles. The third-order valence-electron chi connectivity index (χ3n) is 2.94. The van der Waals surface area contributed by atoms with E-state index < -0.39 is 5.97 Å². The zero-order chi connectivity index (χ0) is 11.5. The van der Waals surface area contributed by atoms with E-state index in [1.807, 2.05) is 6.92 Å². The number of hydrogen-bond acceptors (Lipinski definition) is 4. The van der Waals surface area contributed by atoms with Crippen molar-refractivity contribution in [2.45, 2.75) is 38.8 Å². The van der Waals surface area contributed by atoms with Crippen LogP contribution in [-0.4, -0.2) is 33.5 Å². The van der Waals surface area contributed by atoms with Gasteiger partial charge in [-0.2, -0.15) is 0 Å². The molecule has 0 saturated carbocycles. The van der Waals surface area contributed by atoms with E-state index in [-0.39, 0.29) is 12.5 Å². The summed E-state index contributed by atoms with van der Waals surface area (Å²) in [7, 11) is 0. The van der Waals surface area contributed by atoms with Crippen molar-refractivity contribution in [2.75, 3.05) is 6.54 Å². The number of aromatic nitrogens is 1. The Hall–Kier alpha value is -0.940. The van der Waals surface area contributed by atoms with E-state index in [9.17, 15) is 4.79 Å². The number of nitrogens with zero attached hydrogens (tertiary/aromatic N) is 2. The van der Waals surface area contributed by atoms with E-state index in [0.717, 1.165) is 36.6 Å². The second kappa shape index (κ2) is 4.93. The molecule has 0 aliphatic carbocycles. The van der Waals surface area contributed by atoms with Crippen molar-refractivity contribution >= 4 is 17.3 Å². The van der Waals surface area contributed by atoms with E-state index in [4.69, 9.17) is 5.11 Å². The van der Waals surface area contributed by atoms with Gasteiger partial charge in [0.2, 0.25) is 0 Å². The van der Waals surface area contributed by atoms with Gasteiger partial charge >= 0.3 is 5.97 Å². The number of carboxylic acids is 1. The fraction of sp³-hybridized carbons (Fsp3) is 0.636. The lowest BCUT2D eigenvalue weighted by atomic mass is 10.1. The second-order valence-corrected chi connectivity index (χ2v) is 5.28. The molecule has 5 heteroatoms. The predicted octanol–water partition coefficient (Wildman–Crippen LogP) is 1.89. The summed E-state index contributed by atoms with van der Waals surface area (Å²) in [5, 5.41) is 12.0. The van der Waals surface area contributed by atoms with Gasteiger partial charge in [-0.05, 0) is 26.3 Å². The van der Waals surface area contributed by atoms with Gasteiger partial charge < -0.3 is 5.11 Å². The van der Waals surface area contributed by atoms with Gasteiger partial charge in [-0.15, -0.1) is 11.3 Å². The van der Waals surface area contributed by atoms with Crippen molar-refractivity contribution in [3.63, 3.8) is 0 Å². The third-order valence-corrected chi connectivity index (χ3v) is 3.76. The fourth-order valence-electron chi connectivity index (χ4n) is 2.22. The Morgan fingerprint density at radius 3 is 3.19 bits per heavy atom. The molecular weight excluding hydrogens is 224 g/mol. The molecule has 0 bridgehead atoms. The lowest BCUT2D eigenvalue weighted by Gasteiger charge is -2.21. The molecule has 0 radical (unpaired) electrons. The fourth-order valence-corrected chi connectivity index (χ4v) is 2.83. The maximum atomic E-state index is 10.7. The maximum absolute atomic E-state index is 10.7. The molecule has 4 nitrogen and oxygen atoms in total. The molecule has 0 spiro atoms. The minimum Gasteiger partial charge on any atom is -0.481 e. The van der Waals surface area contributed by atoms with Crippen LogP contribution in [0.4, 0.5) is 0 Å². The number of hydrogen-bond donors (Lipinski definition) is 1. The first-order valence-corrected chi connectivity index (χ1v) is 6.40. The summed E-state index contributed by atoms with van der Waals surface area (Å²) in [5.41, 5.74) is 1.07. The van der Waals surface area contributed by atoms with E-state index in [1.165, 1.54) is 0 Å². The summed E-state index contributed by atoms with van der Waals surface area (Å²) in [6, 6.07) is 0.194. The zero-order valence-electron chi connectivity index (χ0n) is 9.35. The number of rotatable bonds is 4. The first kappa shape index (κ1) is 11.5. The van der Waals surface area contributed by atoms with E-state index in [0.29, 0.717) is 0 Å². The van der Waals surface area contributed by atoms with Crippen LogP contribution in [-0.2, 0) is 11.3 Å². The second-order valence-electron chi connectivity index (χ2n) is 4.22. The largest absolute Gasteiger partial charge is 0.481 e. The van der Waals surface area contributed by atoms with Gasteiger partial charge in [0.1, 0.15) is 0 Å². The SMILES string of the molecule is Cc1nc(CN2CCCC2CC(=O)O)cs1. The van der Waals surface area contributed by atoms with Crippen molar-refractivity contribution in [3.8, 4) is 0 Å². The average molecular weight is 240 g/mol. The minimum absolute atomic E-state index is 0.194. The monoisotopic (exact) mass is 240 g/mol. The number of likely N-dealkylation sites (tertiary alicyclic amines) is 1. The Kier molecular flexibility index (Phi) is 3.56. The minimum atomic E-state index is -0.702. The number of carboxylic acid groups (broad SMARTS) is 1. The van der Waals surface area contributed by atoms with Crippen LogP contribution in [0.2, 0.25) is 0 Å². The predicted molar refractivity (Wildman–Crippen MR) is 62.5 cm³/mol. The van der Waals surface area contributed by atoms with Gasteiger partial charge in [-0.3, -0.25) is 9.69 Å². The molecular formula is C11H16N2O2S. The highest BCUT2D eigenvalue weighted by Gasteiger charge is 2.26. The van der Waals surface area contributed by atoms with Crippen LogP contribution in [0.3, 0.4) is 0 Å². The standard InChI is InChI=1S/C11H16N2O2S/c1-8-12-9(7-16-8)6-13-4-2-3-10(13)5-11(14)15/h7,10H,2-6H2,1H3,(H,14,15). The number of thiazole rings is 1. The number of aryl methyl sites for hydroxylation is 1. The maximum Gasteiger partial charge on any atom is 0.304 e. The quantitative estimate of drug-likeness (QED) is 0.873. The van der Waals surface area contributed by atoms with Gasteiger partial charge in [-0.1, -0.05) is 0 Å². The average Bonchev–Trinajstić information content (AvgIpc) is 2.77. The Bertz CT molecular complexity index is 378. The van der Waals surface area contributed by atoms with Crippen LogP contribution in [0, 0.1) is 6.92 Å². The molecule has 88 valence electrons. The van der Waals surface area contributed by atoms with Crippen LogP contribution >= 0.6 is 11.3 Å². The smallest absolute Gasteiger partial charge is 0.304 e. The highest BCUT2D eigenvalue weighted by Crippen LogP contribution is 2.22. The molecule has 1 aliphatic rings. The summed E-state index contributed by atoms with van der Waals surface area (Å²) in [5.74, 6) is -0.702. The van der Waals surface area contributed by atoms with Crippen molar-refractivity contribution in [3.05, 3.63) is 16.1 Å². The van der Waals surface area contributed by atoms with Crippen molar-refractivity contribution in [2.24, 2.45) is 0 Å². The third kappa shape index (κ3) is 2.80. The molecule has 1 aliphatic heterocycles. The van der Waals surface area contributed by atoms with Crippen LogP contribution < -0.4 is 0 Å². The molecule has 1 aromatic heterocycles. The molecule has 1 unspecified atom stereocenters. The summed E-state index contributed by atoms with van der Waals surface area (Å²) in [6.45, 7) is 3.78. The van der Waals surface area contributed by atoms with E-state index in [1.54, 1.807) is 11.3 Å². The van der Waals surface area contributed by atoms with Gasteiger partial charge in [0.25, 0.3) is 0 Å². The Morgan fingerprint density at radius 2 is 2.56 bits per heavy atom. The van der Waals surface area contributed by atoms with Crippen LogP contribution in [0.1, 0.15) is 30.0 Å².